The monoisotopic (exact) mass is 608 g/mol. The molecule has 0 fully saturated rings. The Kier molecular flexibility index (Phi) is 15.6. The molecule has 45 heavy (non-hydrogen) atoms. The number of unbranched alkanes of at least 4 members (excludes halogenated alkanes) is 12. The molecule has 4 nitrogen and oxygen atoms in total. The van der Waals surface area contributed by atoms with E-state index in [-0.39, 0.29) is 6.04 Å². The summed E-state index contributed by atoms with van der Waals surface area (Å²) in [6, 6.07) is 27.7. The molecule has 0 saturated heterocycles. The van der Waals surface area contributed by atoms with Crippen molar-refractivity contribution in [2.75, 3.05) is 18.2 Å². The molecule has 3 aromatic carbocycles. The third-order valence-corrected chi connectivity index (χ3v) is 8.60. The van der Waals surface area contributed by atoms with Crippen molar-refractivity contribution in [3.8, 4) is 11.5 Å². The van der Waals surface area contributed by atoms with E-state index in [4.69, 9.17) is 14.6 Å². The third-order valence-electron chi connectivity index (χ3n) is 8.60. The highest BCUT2D eigenvalue weighted by Crippen LogP contribution is 2.36. The molecule has 0 spiro atoms. The molecule has 4 rings (SSSR count). The van der Waals surface area contributed by atoms with Gasteiger partial charge in [0.1, 0.15) is 11.5 Å². The summed E-state index contributed by atoms with van der Waals surface area (Å²) in [6.07, 6.45) is 23.3. The maximum Gasteiger partial charge on any atom is 0.119 e. The van der Waals surface area contributed by atoms with Crippen LogP contribution in [-0.4, -0.2) is 18.9 Å². The Balaban J connectivity index is 1.27. The van der Waals surface area contributed by atoms with Crippen LogP contribution >= 0.6 is 0 Å². The maximum atomic E-state index is 6.07. The molecule has 0 radical (unpaired) electrons. The first kappa shape index (κ1) is 34.3. The molecule has 0 unspecified atom stereocenters. The number of allylic oxidation sites excluding steroid dienone is 1. The Morgan fingerprint density at radius 2 is 1.11 bits per heavy atom. The van der Waals surface area contributed by atoms with Gasteiger partial charge in [-0.2, -0.15) is 5.10 Å². The average Bonchev–Trinajstić information content (AvgIpc) is 3.52. The highest BCUT2D eigenvalue weighted by atomic mass is 16.5. The normalized spacial score (nSPS) is 14.7. The molecule has 0 amide bonds. The predicted octanol–water partition coefficient (Wildman–Crippen LogP) is 12.0. The first-order valence-corrected chi connectivity index (χ1v) is 17.8. The molecule has 0 N–H and O–H groups in total. The molecule has 1 aliphatic heterocycles. The summed E-state index contributed by atoms with van der Waals surface area (Å²) in [5.41, 5.74) is 4.57. The van der Waals surface area contributed by atoms with Gasteiger partial charge in [0.05, 0.1) is 30.7 Å². The number of benzene rings is 3. The minimum atomic E-state index is 0.145. The van der Waals surface area contributed by atoms with Crippen LogP contribution < -0.4 is 14.5 Å². The fourth-order valence-corrected chi connectivity index (χ4v) is 5.86. The maximum absolute atomic E-state index is 6.07. The molecular weight excluding hydrogens is 552 g/mol. The number of para-hydroxylation sites is 1. The second kappa shape index (κ2) is 20.5. The van der Waals surface area contributed by atoms with Gasteiger partial charge < -0.3 is 9.47 Å². The minimum Gasteiger partial charge on any atom is -0.494 e. The van der Waals surface area contributed by atoms with Crippen molar-refractivity contribution in [2.24, 2.45) is 5.10 Å². The van der Waals surface area contributed by atoms with E-state index in [1.807, 2.05) is 0 Å². The lowest BCUT2D eigenvalue weighted by Crippen LogP contribution is -2.18. The van der Waals surface area contributed by atoms with Gasteiger partial charge in [-0.25, -0.2) is 0 Å². The van der Waals surface area contributed by atoms with Crippen LogP contribution in [0.2, 0.25) is 0 Å². The molecule has 1 atom stereocenters. The average molecular weight is 609 g/mol. The molecule has 3 aromatic rings. The lowest BCUT2D eigenvalue weighted by atomic mass is 10.0. The van der Waals surface area contributed by atoms with Crippen LogP contribution in [0.15, 0.2) is 90.0 Å². The van der Waals surface area contributed by atoms with Gasteiger partial charge in [-0.15, -0.1) is 0 Å². The number of hydrogen-bond acceptors (Lipinski definition) is 4. The summed E-state index contributed by atoms with van der Waals surface area (Å²) in [4.78, 5) is 0. The third kappa shape index (κ3) is 12.4. The SMILES string of the molecule is CCCCCCCCCOc1ccc(/C=C/C2=NN(c3ccccc3)[C@H](c3ccc(OCCCCCCCCC)cc3)C2)cc1. The van der Waals surface area contributed by atoms with Gasteiger partial charge in [-0.3, -0.25) is 5.01 Å². The number of nitrogens with zero attached hydrogens (tertiary/aromatic N) is 2. The molecule has 1 aliphatic rings. The van der Waals surface area contributed by atoms with Gasteiger partial charge in [0.25, 0.3) is 0 Å². The molecular formula is C41H56N2O2. The van der Waals surface area contributed by atoms with Crippen molar-refractivity contribution in [1.82, 2.24) is 0 Å². The summed E-state index contributed by atoms with van der Waals surface area (Å²) >= 11 is 0. The van der Waals surface area contributed by atoms with E-state index in [1.54, 1.807) is 0 Å². The number of hydrazone groups is 1. The largest absolute Gasteiger partial charge is 0.494 e. The smallest absolute Gasteiger partial charge is 0.119 e. The van der Waals surface area contributed by atoms with E-state index < -0.39 is 0 Å². The standard InChI is InChI=1S/C41H56N2O2/c1-3-5-7-9-11-13-18-32-44-39-28-23-35(24-29-39)22-27-37-34-41(43(42-37)38-20-16-15-17-21-38)36-25-30-40(31-26-36)45-33-19-14-12-10-8-6-4-2/h15-17,20-31,41H,3-14,18-19,32-34H2,1-2H3/b27-22+/t41-/m0/s1. The van der Waals surface area contributed by atoms with E-state index in [1.165, 1.54) is 82.6 Å². The van der Waals surface area contributed by atoms with Crippen molar-refractivity contribution in [3.63, 3.8) is 0 Å². The van der Waals surface area contributed by atoms with Crippen LogP contribution in [0, 0.1) is 0 Å². The summed E-state index contributed by atoms with van der Waals surface area (Å²) in [6.45, 7) is 6.12. The van der Waals surface area contributed by atoms with E-state index in [0.29, 0.717) is 0 Å². The molecule has 0 saturated carbocycles. The number of hydrogen-bond donors (Lipinski definition) is 0. The Hall–Kier alpha value is -3.53. The molecule has 0 aromatic heterocycles. The first-order valence-electron chi connectivity index (χ1n) is 17.8. The second-order valence-electron chi connectivity index (χ2n) is 12.4. The van der Waals surface area contributed by atoms with Gasteiger partial charge >= 0.3 is 0 Å². The van der Waals surface area contributed by atoms with E-state index in [0.717, 1.165) is 60.9 Å². The van der Waals surface area contributed by atoms with Crippen molar-refractivity contribution in [1.29, 1.82) is 0 Å². The highest BCUT2D eigenvalue weighted by Gasteiger charge is 2.28. The van der Waals surface area contributed by atoms with Gasteiger partial charge in [0.2, 0.25) is 0 Å². The van der Waals surface area contributed by atoms with Crippen molar-refractivity contribution in [2.45, 2.75) is 116 Å². The Morgan fingerprint density at radius 1 is 0.600 bits per heavy atom. The highest BCUT2D eigenvalue weighted by molar-refractivity contribution is 6.01. The fourth-order valence-electron chi connectivity index (χ4n) is 5.86. The van der Waals surface area contributed by atoms with Crippen LogP contribution in [0.25, 0.3) is 6.08 Å². The summed E-state index contributed by atoms with van der Waals surface area (Å²) in [5, 5.41) is 7.22. The Labute approximate surface area is 273 Å². The first-order chi connectivity index (χ1) is 22.3. The van der Waals surface area contributed by atoms with Crippen LogP contribution in [0.1, 0.15) is 127 Å². The molecule has 242 valence electrons. The lowest BCUT2D eigenvalue weighted by molar-refractivity contribution is 0.304. The van der Waals surface area contributed by atoms with Crippen LogP contribution in [-0.2, 0) is 0 Å². The molecule has 1 heterocycles. The number of ether oxygens (including phenoxy) is 2. The molecule has 0 aliphatic carbocycles. The van der Waals surface area contributed by atoms with Gasteiger partial charge in [0, 0.05) is 6.42 Å². The summed E-state index contributed by atoms with van der Waals surface area (Å²) in [7, 11) is 0. The van der Waals surface area contributed by atoms with Crippen LogP contribution in [0.4, 0.5) is 5.69 Å². The number of anilines is 1. The summed E-state index contributed by atoms with van der Waals surface area (Å²) in [5.74, 6) is 1.89. The molecule has 4 heteroatoms. The summed E-state index contributed by atoms with van der Waals surface area (Å²) < 4.78 is 12.1. The van der Waals surface area contributed by atoms with Crippen molar-refractivity contribution < 1.29 is 9.47 Å². The van der Waals surface area contributed by atoms with E-state index in [9.17, 15) is 0 Å². The van der Waals surface area contributed by atoms with Crippen LogP contribution in [0.5, 0.6) is 11.5 Å². The lowest BCUT2D eigenvalue weighted by Gasteiger charge is -2.24. The Morgan fingerprint density at radius 3 is 1.67 bits per heavy atom. The van der Waals surface area contributed by atoms with E-state index >= 15 is 0 Å². The predicted molar refractivity (Wildman–Crippen MR) is 193 cm³/mol. The quantitative estimate of drug-likeness (QED) is 0.106. The fraction of sp³-hybridized carbons (Fsp3) is 0.488. The zero-order valence-electron chi connectivity index (χ0n) is 28.0. The minimum absolute atomic E-state index is 0.145. The van der Waals surface area contributed by atoms with Gasteiger partial charge in [0.15, 0.2) is 0 Å². The van der Waals surface area contributed by atoms with Gasteiger partial charge in [-0.05, 0) is 66.4 Å². The Bertz CT molecular complexity index is 1250. The topological polar surface area (TPSA) is 34.1 Å². The van der Waals surface area contributed by atoms with Crippen molar-refractivity contribution >= 4 is 17.5 Å². The zero-order valence-corrected chi connectivity index (χ0v) is 28.0. The molecule has 0 bridgehead atoms. The zero-order chi connectivity index (χ0) is 31.4. The second-order valence-corrected chi connectivity index (χ2v) is 12.4. The van der Waals surface area contributed by atoms with Crippen LogP contribution in [0.3, 0.4) is 0 Å². The van der Waals surface area contributed by atoms with Gasteiger partial charge in [-0.1, -0.05) is 139 Å². The van der Waals surface area contributed by atoms with E-state index in [2.05, 4.69) is 110 Å². The number of rotatable bonds is 22. The van der Waals surface area contributed by atoms with Crippen molar-refractivity contribution in [3.05, 3.63) is 96.1 Å².